The van der Waals surface area contributed by atoms with Gasteiger partial charge in [0.15, 0.2) is 0 Å². The van der Waals surface area contributed by atoms with Crippen molar-refractivity contribution in [3.05, 3.63) is 0 Å². The summed E-state index contributed by atoms with van der Waals surface area (Å²) < 4.78 is 18.2. The van der Waals surface area contributed by atoms with Gasteiger partial charge in [-0.15, -0.1) is 0 Å². The molecule has 0 aromatic heterocycles. The Morgan fingerprint density at radius 1 is 1.12 bits per heavy atom. The van der Waals surface area contributed by atoms with Gasteiger partial charge in [0.2, 0.25) is 5.91 Å². The van der Waals surface area contributed by atoms with Crippen LogP contribution in [-0.4, -0.2) is 99.7 Å². The minimum atomic E-state index is -1.33. The van der Waals surface area contributed by atoms with Gasteiger partial charge in [-0.25, -0.2) is 14.4 Å². The summed E-state index contributed by atoms with van der Waals surface area (Å²) in [6.07, 6.45) is 1.97. The molecule has 6 rings (SSSR count). The SMILES string of the molecule is C[C@H](NC(=O)OC(C)(C)C)C(=O)N1CC[C@@]2(CCCB3O[C@@H]4C[C@@H]5C[C@@H](C5(C)C)[C@]4(C)O3)[C@@H]1CN(C(=O)O)[C@@H]2C(=O)O. The molecule has 6 fully saturated rings. The number of carbonyl (C=O) groups is 4. The fraction of sp³-hybridized carbons (Fsp3) is 0.862. The zero-order valence-electron chi connectivity index (χ0n) is 25.8. The molecule has 3 saturated heterocycles. The lowest BCUT2D eigenvalue weighted by Crippen LogP contribution is -2.65. The lowest BCUT2D eigenvalue weighted by atomic mass is 9.43. The Morgan fingerprint density at radius 2 is 1.81 bits per heavy atom. The average Bonchev–Trinajstić information content (AvgIpc) is 3.48. The van der Waals surface area contributed by atoms with Crippen molar-refractivity contribution in [3.8, 4) is 0 Å². The number of rotatable bonds is 7. The van der Waals surface area contributed by atoms with Crippen molar-refractivity contribution in [2.75, 3.05) is 13.1 Å². The van der Waals surface area contributed by atoms with Crippen LogP contribution in [-0.2, 0) is 23.6 Å². The maximum absolute atomic E-state index is 13.5. The monoisotopic (exact) mass is 591 g/mol. The molecule has 3 aliphatic carbocycles. The second-order valence-corrected chi connectivity index (χ2v) is 14.9. The number of nitrogens with one attached hydrogen (secondary N) is 1. The number of amides is 3. The van der Waals surface area contributed by atoms with Crippen LogP contribution in [0.5, 0.6) is 0 Å². The predicted molar refractivity (Wildman–Crippen MR) is 152 cm³/mol. The smallest absolute Gasteiger partial charge is 0.457 e. The fourth-order valence-corrected chi connectivity index (χ4v) is 8.89. The van der Waals surface area contributed by atoms with Crippen LogP contribution in [0.15, 0.2) is 0 Å². The molecule has 0 aromatic carbocycles. The van der Waals surface area contributed by atoms with Gasteiger partial charge in [0.1, 0.15) is 17.7 Å². The second-order valence-electron chi connectivity index (χ2n) is 14.9. The Hall–Kier alpha value is -2.54. The minimum absolute atomic E-state index is 0.0458. The number of alkyl carbamates (subject to hydrolysis) is 1. The maximum atomic E-state index is 13.5. The normalized spacial score (nSPS) is 37.0. The van der Waals surface area contributed by atoms with Gasteiger partial charge in [0, 0.05) is 18.5 Å². The molecular formula is C29H46BN3O9. The van der Waals surface area contributed by atoms with E-state index in [0.717, 1.165) is 17.7 Å². The first-order chi connectivity index (χ1) is 19.4. The number of hydrogen-bond donors (Lipinski definition) is 3. The van der Waals surface area contributed by atoms with Gasteiger partial charge in [-0.3, -0.25) is 9.69 Å². The fourth-order valence-electron chi connectivity index (χ4n) is 8.89. The van der Waals surface area contributed by atoms with Crippen molar-refractivity contribution in [1.29, 1.82) is 0 Å². The van der Waals surface area contributed by atoms with Crippen LogP contribution >= 0.6 is 0 Å². The molecular weight excluding hydrogens is 545 g/mol. The largest absolute Gasteiger partial charge is 0.480 e. The number of hydrogen-bond acceptors (Lipinski definition) is 7. The molecule has 12 nitrogen and oxygen atoms in total. The molecule has 0 unspecified atom stereocenters. The van der Waals surface area contributed by atoms with E-state index < -0.39 is 60.3 Å². The van der Waals surface area contributed by atoms with Gasteiger partial charge in [0.25, 0.3) is 0 Å². The van der Waals surface area contributed by atoms with Crippen molar-refractivity contribution in [1.82, 2.24) is 15.1 Å². The van der Waals surface area contributed by atoms with E-state index in [9.17, 15) is 29.4 Å². The lowest BCUT2D eigenvalue weighted by molar-refractivity contribution is -0.199. The number of carboxylic acid groups (broad SMARTS) is 2. The van der Waals surface area contributed by atoms with Crippen LogP contribution < -0.4 is 5.32 Å². The molecule has 234 valence electrons. The molecule has 6 aliphatic rings. The summed E-state index contributed by atoms with van der Waals surface area (Å²) in [5.41, 5.74) is -1.82. The zero-order valence-corrected chi connectivity index (χ0v) is 25.8. The van der Waals surface area contributed by atoms with E-state index >= 15 is 0 Å². The van der Waals surface area contributed by atoms with E-state index in [0.29, 0.717) is 37.4 Å². The Bertz CT molecular complexity index is 1140. The summed E-state index contributed by atoms with van der Waals surface area (Å²) in [6.45, 7) is 13.6. The molecule has 3 heterocycles. The van der Waals surface area contributed by atoms with Crippen molar-refractivity contribution in [2.45, 2.75) is 122 Å². The first-order valence-electron chi connectivity index (χ1n) is 15.3. The number of aliphatic carboxylic acids is 1. The third-order valence-corrected chi connectivity index (χ3v) is 11.0. The van der Waals surface area contributed by atoms with Crippen molar-refractivity contribution >= 4 is 31.2 Å². The molecule has 0 radical (unpaired) electrons. The molecule has 13 heteroatoms. The highest BCUT2D eigenvalue weighted by Crippen LogP contribution is 2.66. The molecule has 42 heavy (non-hydrogen) atoms. The molecule has 0 spiro atoms. The van der Waals surface area contributed by atoms with E-state index in [-0.39, 0.29) is 30.2 Å². The standard InChI is InChI=1S/C29H46BN3O9/c1-16(31-24(37)40-26(2,3)4)22(34)32-12-10-29(19(32)15-33(25(38)39)21(29)23(35)36)9-8-11-30-41-20-14-17-13-18(27(17,5)6)28(20,7)42-30/h16-21H,8-15H2,1-7H3,(H,31,37)(H,35,36)(H,38,39)/t16-,17-,18-,19-,20+,21+,28-,29-/m0/s1. The third kappa shape index (κ3) is 4.94. The zero-order chi connectivity index (χ0) is 31.0. The minimum Gasteiger partial charge on any atom is -0.480 e. The average molecular weight is 592 g/mol. The number of carbonyl (C=O) groups excluding carboxylic acids is 2. The van der Waals surface area contributed by atoms with Gasteiger partial charge < -0.3 is 34.5 Å². The second kappa shape index (κ2) is 10.3. The van der Waals surface area contributed by atoms with E-state index in [1.54, 1.807) is 32.6 Å². The molecule has 8 atom stereocenters. The number of ether oxygens (including phenoxy) is 1. The first-order valence-corrected chi connectivity index (χ1v) is 15.3. The highest BCUT2D eigenvalue weighted by Gasteiger charge is 2.68. The molecule has 3 saturated carbocycles. The van der Waals surface area contributed by atoms with Crippen LogP contribution in [0.2, 0.25) is 6.32 Å². The Labute approximate surface area is 247 Å². The van der Waals surface area contributed by atoms with Gasteiger partial charge >= 0.3 is 25.3 Å². The topological polar surface area (TPSA) is 155 Å². The van der Waals surface area contributed by atoms with E-state index in [4.69, 9.17) is 14.0 Å². The molecule has 3 amide bonds. The van der Waals surface area contributed by atoms with Gasteiger partial charge in [-0.1, -0.05) is 20.3 Å². The van der Waals surface area contributed by atoms with E-state index in [1.807, 2.05) is 0 Å². The number of fused-ring (bicyclic) bond motifs is 1. The Kier molecular flexibility index (Phi) is 7.57. The molecule has 0 aromatic rings. The highest BCUT2D eigenvalue weighted by molar-refractivity contribution is 6.45. The lowest BCUT2D eigenvalue weighted by Gasteiger charge is -2.64. The Morgan fingerprint density at radius 3 is 2.40 bits per heavy atom. The van der Waals surface area contributed by atoms with Gasteiger partial charge in [-0.2, -0.15) is 0 Å². The first kappa shape index (κ1) is 30.9. The Balaban J connectivity index is 1.29. The number of likely N-dealkylation sites (tertiary alicyclic amines) is 2. The summed E-state index contributed by atoms with van der Waals surface area (Å²) in [6, 6.07) is -2.85. The van der Waals surface area contributed by atoms with E-state index in [2.05, 4.69) is 26.1 Å². The number of nitrogens with zero attached hydrogens (tertiary/aromatic N) is 2. The van der Waals surface area contributed by atoms with Gasteiger partial charge in [-0.05, 0) is 83.9 Å². The maximum Gasteiger partial charge on any atom is 0.457 e. The third-order valence-electron chi connectivity index (χ3n) is 11.0. The van der Waals surface area contributed by atoms with Crippen molar-refractivity contribution in [3.63, 3.8) is 0 Å². The van der Waals surface area contributed by atoms with Crippen LogP contribution in [0.25, 0.3) is 0 Å². The van der Waals surface area contributed by atoms with Gasteiger partial charge in [0.05, 0.1) is 17.7 Å². The predicted octanol–water partition coefficient (Wildman–Crippen LogP) is 3.44. The molecule has 3 N–H and O–H groups in total. The van der Waals surface area contributed by atoms with Crippen LogP contribution in [0, 0.1) is 22.7 Å². The van der Waals surface area contributed by atoms with Crippen molar-refractivity contribution in [2.24, 2.45) is 22.7 Å². The quantitative estimate of drug-likeness (QED) is 0.378. The van der Waals surface area contributed by atoms with Crippen LogP contribution in [0.3, 0.4) is 0 Å². The van der Waals surface area contributed by atoms with E-state index in [1.165, 1.54) is 0 Å². The summed E-state index contributed by atoms with van der Waals surface area (Å²) in [4.78, 5) is 53.1. The van der Waals surface area contributed by atoms with Crippen LogP contribution in [0.4, 0.5) is 9.59 Å². The summed E-state index contributed by atoms with van der Waals surface area (Å²) in [5.74, 6) is -0.551. The summed E-state index contributed by atoms with van der Waals surface area (Å²) >= 11 is 0. The number of carboxylic acids is 1. The highest BCUT2D eigenvalue weighted by atomic mass is 16.7. The van der Waals surface area contributed by atoms with Crippen LogP contribution in [0.1, 0.15) is 80.6 Å². The molecule has 2 bridgehead atoms. The van der Waals surface area contributed by atoms with Crippen molar-refractivity contribution < 1.29 is 43.4 Å². The summed E-state index contributed by atoms with van der Waals surface area (Å²) in [7, 11) is -0.401. The summed E-state index contributed by atoms with van der Waals surface area (Å²) in [5, 5.41) is 22.7. The molecule has 3 aliphatic heterocycles.